The van der Waals surface area contributed by atoms with Gasteiger partial charge in [-0.2, -0.15) is 0 Å². The molecular formula is C28H33Cl2N7O4. The zero-order valence-corrected chi connectivity index (χ0v) is 24.7. The molecule has 0 aliphatic carbocycles. The summed E-state index contributed by atoms with van der Waals surface area (Å²) in [4.78, 5) is 28.6. The number of carbonyl (C=O) groups excluding carboxylic acids is 1. The molecule has 0 saturated carbocycles. The van der Waals surface area contributed by atoms with Gasteiger partial charge in [-0.1, -0.05) is 29.8 Å². The summed E-state index contributed by atoms with van der Waals surface area (Å²) in [6.45, 7) is 6.33. The normalized spacial score (nSPS) is 21.0. The summed E-state index contributed by atoms with van der Waals surface area (Å²) in [6.07, 6.45) is 4.60. The molecule has 13 heteroatoms. The van der Waals surface area contributed by atoms with Gasteiger partial charge >= 0.3 is 0 Å². The molecule has 3 N–H and O–H groups in total. The van der Waals surface area contributed by atoms with Crippen LogP contribution in [0.5, 0.6) is 11.5 Å². The van der Waals surface area contributed by atoms with E-state index < -0.39 is 0 Å². The lowest BCUT2D eigenvalue weighted by Gasteiger charge is -2.32. The Kier molecular flexibility index (Phi) is 8.98. The summed E-state index contributed by atoms with van der Waals surface area (Å²) in [5.74, 6) is 1.57. The summed E-state index contributed by atoms with van der Waals surface area (Å²) >= 11 is 13.5. The summed E-state index contributed by atoms with van der Waals surface area (Å²) in [5, 5.41) is 11.3. The van der Waals surface area contributed by atoms with E-state index in [2.05, 4.69) is 39.5 Å². The molecular weight excluding hydrogens is 569 g/mol. The number of carbonyl (C=O) groups is 1. The molecule has 2 aliphatic heterocycles. The number of hydrogen-bond donors (Lipinski definition) is 3. The third-order valence-electron chi connectivity index (χ3n) is 7.31. The number of nitrogens with zero attached hydrogens (tertiary/aromatic N) is 4. The molecule has 5 rings (SSSR count). The van der Waals surface area contributed by atoms with Crippen LogP contribution >= 0.6 is 23.2 Å². The summed E-state index contributed by atoms with van der Waals surface area (Å²) in [7, 11) is 5.15. The Morgan fingerprint density at radius 3 is 2.54 bits per heavy atom. The van der Waals surface area contributed by atoms with Crippen molar-refractivity contribution in [2.24, 2.45) is 0 Å². The average molecular weight is 603 g/mol. The number of anilines is 2. The minimum absolute atomic E-state index is 0.159. The molecule has 1 amide bonds. The number of hydrogen-bond acceptors (Lipinski definition) is 10. The summed E-state index contributed by atoms with van der Waals surface area (Å²) < 4.78 is 16.6. The first-order valence-electron chi connectivity index (χ1n) is 13.3. The summed E-state index contributed by atoms with van der Waals surface area (Å²) in [6, 6.07) is 3.28. The van der Waals surface area contributed by atoms with Crippen molar-refractivity contribution < 1.29 is 19.0 Å². The van der Waals surface area contributed by atoms with E-state index in [0.29, 0.717) is 69.7 Å². The van der Waals surface area contributed by atoms with Gasteiger partial charge in [0.2, 0.25) is 11.9 Å². The van der Waals surface area contributed by atoms with E-state index in [4.69, 9.17) is 47.4 Å². The SMILES string of the molecule is C=CC(=O)N[C@H]1CCOC[C@H]1Nc1ncc2cc(-c3c(Cl)c(OC)cc(OC)c3Cl)nc(NC3CCN(C)C3)c2n1. The smallest absolute Gasteiger partial charge is 0.243 e. The highest BCUT2D eigenvalue weighted by Gasteiger charge is 2.28. The monoisotopic (exact) mass is 601 g/mol. The molecule has 3 atom stereocenters. The van der Waals surface area contributed by atoms with Crippen LogP contribution in [0.3, 0.4) is 0 Å². The van der Waals surface area contributed by atoms with Gasteiger partial charge in [-0.05, 0) is 38.6 Å². The fraction of sp³-hybridized carbons (Fsp3) is 0.429. The number of nitrogens with one attached hydrogen (secondary N) is 3. The largest absolute Gasteiger partial charge is 0.495 e. The van der Waals surface area contributed by atoms with E-state index >= 15 is 0 Å². The van der Waals surface area contributed by atoms with Gasteiger partial charge in [-0.15, -0.1) is 0 Å². The van der Waals surface area contributed by atoms with Crippen molar-refractivity contribution in [1.82, 2.24) is 25.2 Å². The maximum absolute atomic E-state index is 12.0. The van der Waals surface area contributed by atoms with Gasteiger partial charge in [0.25, 0.3) is 0 Å². The second-order valence-corrected chi connectivity index (χ2v) is 10.9. The van der Waals surface area contributed by atoms with E-state index in [0.717, 1.165) is 24.9 Å². The van der Waals surface area contributed by atoms with Gasteiger partial charge < -0.3 is 35.1 Å². The van der Waals surface area contributed by atoms with Crippen molar-refractivity contribution in [3.05, 3.63) is 41.0 Å². The lowest BCUT2D eigenvalue weighted by atomic mass is 10.0. The topological polar surface area (TPSA) is 123 Å². The zero-order valence-electron chi connectivity index (χ0n) is 23.2. The minimum atomic E-state index is -0.237. The van der Waals surface area contributed by atoms with Crippen LogP contribution in [0.2, 0.25) is 10.0 Å². The maximum Gasteiger partial charge on any atom is 0.243 e. The molecule has 3 aromatic rings. The molecule has 2 fully saturated rings. The Balaban J connectivity index is 1.56. The molecule has 2 aliphatic rings. The average Bonchev–Trinajstić information content (AvgIpc) is 3.38. The van der Waals surface area contributed by atoms with Gasteiger partial charge in [-0.3, -0.25) is 4.79 Å². The Morgan fingerprint density at radius 1 is 1.12 bits per heavy atom. The van der Waals surface area contributed by atoms with Gasteiger partial charge in [0.1, 0.15) is 17.0 Å². The van der Waals surface area contributed by atoms with E-state index in [-0.39, 0.29) is 24.0 Å². The molecule has 0 spiro atoms. The number of ether oxygens (including phenoxy) is 3. The highest BCUT2D eigenvalue weighted by molar-refractivity contribution is 6.41. The van der Waals surface area contributed by atoms with Crippen LogP contribution in [-0.2, 0) is 9.53 Å². The van der Waals surface area contributed by atoms with Crippen LogP contribution in [0.4, 0.5) is 11.8 Å². The molecule has 41 heavy (non-hydrogen) atoms. The van der Waals surface area contributed by atoms with Crippen LogP contribution in [0.25, 0.3) is 22.2 Å². The second-order valence-electron chi connectivity index (χ2n) is 10.1. The van der Waals surface area contributed by atoms with E-state index in [9.17, 15) is 4.79 Å². The van der Waals surface area contributed by atoms with Crippen molar-refractivity contribution in [2.45, 2.75) is 31.0 Å². The number of halogens is 2. The van der Waals surface area contributed by atoms with Crippen LogP contribution in [-0.4, -0.2) is 91.5 Å². The van der Waals surface area contributed by atoms with Crippen LogP contribution < -0.4 is 25.4 Å². The highest BCUT2D eigenvalue weighted by Crippen LogP contribution is 2.46. The fourth-order valence-corrected chi connectivity index (χ4v) is 5.85. The molecule has 4 heterocycles. The molecule has 11 nitrogen and oxygen atoms in total. The molecule has 218 valence electrons. The van der Waals surface area contributed by atoms with E-state index in [1.54, 1.807) is 12.3 Å². The number of fused-ring (bicyclic) bond motifs is 1. The number of likely N-dealkylation sites (tertiary alicyclic amines) is 1. The quantitative estimate of drug-likeness (QED) is 0.310. The number of methoxy groups -OCH3 is 2. The highest BCUT2D eigenvalue weighted by atomic mass is 35.5. The Morgan fingerprint density at radius 2 is 1.88 bits per heavy atom. The van der Waals surface area contributed by atoms with Crippen molar-refractivity contribution in [2.75, 3.05) is 58.2 Å². The van der Waals surface area contributed by atoms with Crippen molar-refractivity contribution in [1.29, 1.82) is 0 Å². The third kappa shape index (κ3) is 6.28. The second kappa shape index (κ2) is 12.6. The fourth-order valence-electron chi connectivity index (χ4n) is 5.15. The molecule has 1 unspecified atom stereocenters. The number of pyridine rings is 1. The first-order valence-corrected chi connectivity index (χ1v) is 14.1. The number of benzene rings is 1. The summed E-state index contributed by atoms with van der Waals surface area (Å²) in [5.41, 5.74) is 1.64. The Bertz CT molecular complexity index is 1430. The molecule has 2 saturated heterocycles. The molecule has 1 aromatic carbocycles. The Labute approximate surface area is 248 Å². The van der Waals surface area contributed by atoms with Crippen molar-refractivity contribution in [3.8, 4) is 22.8 Å². The minimum Gasteiger partial charge on any atom is -0.495 e. The van der Waals surface area contributed by atoms with Crippen molar-refractivity contribution in [3.63, 3.8) is 0 Å². The predicted molar refractivity (Wildman–Crippen MR) is 160 cm³/mol. The Hall–Kier alpha value is -3.38. The van der Waals surface area contributed by atoms with Gasteiger partial charge in [0.05, 0.1) is 48.6 Å². The maximum atomic E-state index is 12.0. The predicted octanol–water partition coefficient (Wildman–Crippen LogP) is 4.00. The van der Waals surface area contributed by atoms with Crippen LogP contribution in [0.1, 0.15) is 12.8 Å². The van der Waals surface area contributed by atoms with E-state index in [1.807, 2.05) is 6.07 Å². The number of likely N-dealkylation sites (N-methyl/N-ethyl adjacent to an activating group) is 1. The number of rotatable bonds is 9. The standard InChI is InChI=1S/C28H33Cl2N7O4/c1-5-22(38)33-17-7-9-41-14-19(17)35-28-31-12-15-10-18(23-24(29)20(39-3)11-21(40-4)25(23)30)34-27(26(15)36-28)32-16-6-8-37(2)13-16/h5,10-12,16-17,19H,1,6-9,13-14H2,2-4H3,(H,32,34)(H,33,38)(H,31,35,36)/t16?,17-,19+/m0/s1. The first-order chi connectivity index (χ1) is 19.8. The molecule has 2 aromatic heterocycles. The van der Waals surface area contributed by atoms with Crippen molar-refractivity contribution >= 4 is 51.8 Å². The van der Waals surface area contributed by atoms with Gasteiger partial charge in [0.15, 0.2) is 5.82 Å². The lowest BCUT2D eigenvalue weighted by Crippen LogP contribution is -2.52. The zero-order chi connectivity index (χ0) is 29.1. The third-order valence-corrected chi connectivity index (χ3v) is 8.06. The molecule has 0 bridgehead atoms. The number of amides is 1. The van der Waals surface area contributed by atoms with Gasteiger partial charge in [-0.25, -0.2) is 15.0 Å². The molecule has 0 radical (unpaired) electrons. The first kappa shape index (κ1) is 29.1. The van der Waals surface area contributed by atoms with E-state index in [1.165, 1.54) is 20.3 Å². The van der Waals surface area contributed by atoms with Gasteiger partial charge in [0, 0.05) is 42.4 Å². The van der Waals surface area contributed by atoms with Crippen LogP contribution in [0.15, 0.2) is 31.0 Å². The van der Waals surface area contributed by atoms with Crippen LogP contribution in [0, 0.1) is 0 Å². The number of aromatic nitrogens is 3. The lowest BCUT2D eigenvalue weighted by molar-refractivity contribution is -0.117.